The largest absolute Gasteiger partial charge is 0.497 e. The van der Waals surface area contributed by atoms with E-state index >= 15 is 0 Å². The first kappa shape index (κ1) is 14.9. The zero-order valence-electron chi connectivity index (χ0n) is 13.4. The van der Waals surface area contributed by atoms with Crippen LogP contribution in [0.4, 0.5) is 0 Å². The number of H-pyrrole nitrogens is 1. The number of aromatic nitrogens is 1. The summed E-state index contributed by atoms with van der Waals surface area (Å²) < 4.78 is 5.34. The Bertz CT molecular complexity index is 654. The number of amides is 1. The van der Waals surface area contributed by atoms with E-state index in [1.54, 1.807) is 7.11 Å². The van der Waals surface area contributed by atoms with Gasteiger partial charge in [-0.15, -0.1) is 0 Å². The van der Waals surface area contributed by atoms with Crippen LogP contribution in [0.3, 0.4) is 0 Å². The summed E-state index contributed by atoms with van der Waals surface area (Å²) in [7, 11) is 1.70. The summed E-state index contributed by atoms with van der Waals surface area (Å²) >= 11 is 0. The van der Waals surface area contributed by atoms with Crippen LogP contribution in [-0.4, -0.2) is 36.0 Å². The maximum absolute atomic E-state index is 12.0. The maximum atomic E-state index is 12.0. The van der Waals surface area contributed by atoms with Crippen LogP contribution < -0.4 is 4.74 Å². The van der Waals surface area contributed by atoms with Crippen LogP contribution in [0, 0.1) is 0 Å². The number of carbonyl (C=O) groups excluding carboxylic acids is 1. The van der Waals surface area contributed by atoms with Gasteiger partial charge in [0, 0.05) is 36.6 Å². The summed E-state index contributed by atoms with van der Waals surface area (Å²) in [5.74, 6) is 1.72. The van der Waals surface area contributed by atoms with Crippen LogP contribution >= 0.6 is 0 Å². The van der Waals surface area contributed by atoms with Crippen molar-refractivity contribution in [3.05, 3.63) is 30.0 Å². The summed E-state index contributed by atoms with van der Waals surface area (Å²) in [5.41, 5.74) is 2.51. The van der Waals surface area contributed by atoms with Crippen molar-refractivity contribution in [1.29, 1.82) is 0 Å². The van der Waals surface area contributed by atoms with Gasteiger partial charge < -0.3 is 14.6 Å². The highest BCUT2D eigenvalue weighted by atomic mass is 16.5. The number of rotatable bonds is 4. The fraction of sp³-hybridized carbons (Fsp3) is 0.500. The molecule has 2 heterocycles. The number of carbonyl (C=O) groups is 1. The third kappa shape index (κ3) is 2.82. The topological polar surface area (TPSA) is 45.3 Å². The number of hydrogen-bond acceptors (Lipinski definition) is 2. The number of piperidine rings is 1. The molecule has 22 heavy (non-hydrogen) atoms. The lowest BCUT2D eigenvalue weighted by molar-refractivity contribution is -0.132. The minimum atomic E-state index is 0.307. The zero-order chi connectivity index (χ0) is 15.5. The number of ether oxygens (including phenoxy) is 1. The Labute approximate surface area is 131 Å². The van der Waals surface area contributed by atoms with Crippen LogP contribution in [-0.2, 0) is 4.79 Å². The Hall–Kier alpha value is -1.97. The van der Waals surface area contributed by atoms with Gasteiger partial charge in [0.1, 0.15) is 5.75 Å². The van der Waals surface area contributed by atoms with Gasteiger partial charge in [0.25, 0.3) is 0 Å². The molecule has 1 fully saturated rings. The van der Waals surface area contributed by atoms with Gasteiger partial charge in [0.05, 0.1) is 7.11 Å². The van der Waals surface area contributed by atoms with E-state index in [1.165, 1.54) is 10.9 Å². The van der Waals surface area contributed by atoms with Crippen molar-refractivity contribution in [2.75, 3.05) is 20.2 Å². The highest BCUT2D eigenvalue weighted by Gasteiger charge is 2.25. The fourth-order valence-electron chi connectivity index (χ4n) is 3.40. The minimum Gasteiger partial charge on any atom is -0.497 e. The summed E-state index contributed by atoms with van der Waals surface area (Å²) in [4.78, 5) is 17.4. The Morgan fingerprint density at radius 3 is 2.82 bits per heavy atom. The first-order valence-electron chi connectivity index (χ1n) is 8.15. The lowest BCUT2D eigenvalue weighted by atomic mass is 9.89. The van der Waals surface area contributed by atoms with E-state index in [0.29, 0.717) is 18.2 Å². The zero-order valence-corrected chi connectivity index (χ0v) is 13.4. The number of nitrogens with zero attached hydrogens (tertiary/aromatic N) is 1. The van der Waals surface area contributed by atoms with E-state index in [-0.39, 0.29) is 0 Å². The van der Waals surface area contributed by atoms with Crippen LogP contribution in [0.25, 0.3) is 10.9 Å². The van der Waals surface area contributed by atoms with Crippen LogP contribution in [0.1, 0.15) is 44.1 Å². The first-order chi connectivity index (χ1) is 10.7. The molecule has 0 spiro atoms. The normalized spacial score (nSPS) is 16.2. The summed E-state index contributed by atoms with van der Waals surface area (Å²) in [6.07, 6.45) is 5.81. The molecular formula is C18H24N2O2. The standard InChI is InChI=1S/C18H24N2O2/c1-3-4-18(21)20-9-7-13(8-10-20)16-12-19-17-6-5-14(22-2)11-15(16)17/h5-6,11-13,19H,3-4,7-10H2,1-2H3. The molecule has 1 amide bonds. The molecule has 3 rings (SSSR count). The van der Waals surface area contributed by atoms with Crippen LogP contribution in [0.5, 0.6) is 5.75 Å². The van der Waals surface area contributed by atoms with E-state index in [9.17, 15) is 4.79 Å². The second-order valence-electron chi connectivity index (χ2n) is 6.06. The molecule has 4 nitrogen and oxygen atoms in total. The van der Waals surface area contributed by atoms with Gasteiger partial charge in [0.2, 0.25) is 5.91 Å². The fourth-order valence-corrected chi connectivity index (χ4v) is 3.40. The lowest BCUT2D eigenvalue weighted by Crippen LogP contribution is -2.37. The molecule has 0 bridgehead atoms. The van der Waals surface area contributed by atoms with E-state index < -0.39 is 0 Å². The Balaban J connectivity index is 1.75. The van der Waals surface area contributed by atoms with Gasteiger partial charge in [-0.2, -0.15) is 0 Å². The maximum Gasteiger partial charge on any atom is 0.222 e. The highest BCUT2D eigenvalue weighted by molar-refractivity contribution is 5.85. The number of methoxy groups -OCH3 is 1. The van der Waals surface area contributed by atoms with Gasteiger partial charge in [-0.25, -0.2) is 0 Å². The first-order valence-corrected chi connectivity index (χ1v) is 8.15. The van der Waals surface area contributed by atoms with Gasteiger partial charge in [-0.1, -0.05) is 6.92 Å². The van der Waals surface area contributed by atoms with E-state index in [4.69, 9.17) is 4.74 Å². The number of nitrogens with one attached hydrogen (secondary N) is 1. The number of fused-ring (bicyclic) bond motifs is 1. The molecule has 2 aromatic rings. The summed E-state index contributed by atoms with van der Waals surface area (Å²) in [6.45, 7) is 3.81. The number of aromatic amines is 1. The molecule has 1 aliphatic rings. The molecule has 1 aromatic heterocycles. The summed E-state index contributed by atoms with van der Waals surface area (Å²) in [6, 6.07) is 6.15. The van der Waals surface area contributed by atoms with Crippen molar-refractivity contribution in [1.82, 2.24) is 9.88 Å². The van der Waals surface area contributed by atoms with Crippen molar-refractivity contribution in [2.45, 2.75) is 38.5 Å². The van der Waals surface area contributed by atoms with Crippen molar-refractivity contribution < 1.29 is 9.53 Å². The van der Waals surface area contributed by atoms with Gasteiger partial charge in [-0.3, -0.25) is 4.79 Å². The van der Waals surface area contributed by atoms with Gasteiger partial charge >= 0.3 is 0 Å². The smallest absolute Gasteiger partial charge is 0.222 e. The van der Waals surface area contributed by atoms with Crippen molar-refractivity contribution in [3.8, 4) is 5.75 Å². The van der Waals surface area contributed by atoms with Gasteiger partial charge in [-0.05, 0) is 48.9 Å². The van der Waals surface area contributed by atoms with Crippen LogP contribution in [0.15, 0.2) is 24.4 Å². The quantitative estimate of drug-likeness (QED) is 0.936. The number of likely N-dealkylation sites (tertiary alicyclic amines) is 1. The molecule has 0 atom stereocenters. The lowest BCUT2D eigenvalue weighted by Gasteiger charge is -2.32. The number of benzene rings is 1. The monoisotopic (exact) mass is 300 g/mol. The Morgan fingerprint density at radius 2 is 2.14 bits per heavy atom. The molecule has 0 aliphatic carbocycles. The van der Waals surface area contributed by atoms with Crippen molar-refractivity contribution >= 4 is 16.8 Å². The molecular weight excluding hydrogens is 276 g/mol. The average molecular weight is 300 g/mol. The molecule has 118 valence electrons. The number of hydrogen-bond donors (Lipinski definition) is 1. The van der Waals surface area contributed by atoms with E-state index in [0.717, 1.165) is 43.6 Å². The van der Waals surface area contributed by atoms with Gasteiger partial charge in [0.15, 0.2) is 0 Å². The van der Waals surface area contributed by atoms with E-state index in [1.807, 2.05) is 11.0 Å². The SMILES string of the molecule is CCCC(=O)N1CCC(c2c[nH]c3ccc(OC)cc23)CC1. The predicted molar refractivity (Wildman–Crippen MR) is 88.3 cm³/mol. The molecule has 0 unspecified atom stereocenters. The van der Waals surface area contributed by atoms with Crippen molar-refractivity contribution in [2.24, 2.45) is 0 Å². The molecule has 1 N–H and O–H groups in total. The average Bonchev–Trinajstić information content (AvgIpc) is 2.98. The molecule has 1 aromatic carbocycles. The Kier molecular flexibility index (Phi) is 4.36. The molecule has 1 aliphatic heterocycles. The van der Waals surface area contributed by atoms with E-state index in [2.05, 4.69) is 30.2 Å². The third-order valence-corrected chi connectivity index (χ3v) is 4.67. The molecule has 0 saturated carbocycles. The highest BCUT2D eigenvalue weighted by Crippen LogP contribution is 2.34. The minimum absolute atomic E-state index is 0.307. The molecule has 0 radical (unpaired) electrons. The molecule has 1 saturated heterocycles. The second kappa shape index (κ2) is 6.42. The molecule has 4 heteroatoms. The second-order valence-corrected chi connectivity index (χ2v) is 6.06. The third-order valence-electron chi connectivity index (χ3n) is 4.67. The summed E-state index contributed by atoms with van der Waals surface area (Å²) in [5, 5.41) is 1.25. The van der Waals surface area contributed by atoms with Crippen molar-refractivity contribution in [3.63, 3.8) is 0 Å². The Morgan fingerprint density at radius 1 is 1.36 bits per heavy atom. The van der Waals surface area contributed by atoms with Crippen LogP contribution in [0.2, 0.25) is 0 Å². The predicted octanol–water partition coefficient (Wildman–Crippen LogP) is 3.68.